The number of nitrogens with two attached hydrogens (primary N) is 1. The maximum atomic E-state index is 5.98. The SMILES string of the molecule is NCC1CCCCC1CN1CCN2CCCCC2C1. The highest BCUT2D eigenvalue weighted by atomic mass is 15.3. The third-order valence-corrected chi connectivity index (χ3v) is 5.78. The molecule has 0 amide bonds. The van der Waals surface area contributed by atoms with Gasteiger partial charge in [-0.25, -0.2) is 0 Å². The third-order valence-electron chi connectivity index (χ3n) is 5.78. The lowest BCUT2D eigenvalue weighted by Gasteiger charge is -2.46. The van der Waals surface area contributed by atoms with Gasteiger partial charge >= 0.3 is 0 Å². The number of piperidine rings is 1. The lowest BCUT2D eigenvalue weighted by Crippen LogP contribution is -2.56. The first-order valence-corrected chi connectivity index (χ1v) is 8.53. The zero-order chi connectivity index (χ0) is 13.1. The molecule has 3 heteroatoms. The Morgan fingerprint density at radius 1 is 0.842 bits per heavy atom. The van der Waals surface area contributed by atoms with Crippen LogP contribution in [-0.2, 0) is 0 Å². The van der Waals surface area contributed by atoms with Crippen molar-refractivity contribution in [3.8, 4) is 0 Å². The summed E-state index contributed by atoms with van der Waals surface area (Å²) in [5.74, 6) is 1.69. The number of rotatable bonds is 3. The standard InChI is InChI=1S/C16H31N3/c17-11-14-5-1-2-6-15(14)12-18-9-10-19-8-4-3-7-16(19)13-18/h14-16H,1-13,17H2. The summed E-state index contributed by atoms with van der Waals surface area (Å²) < 4.78 is 0. The maximum Gasteiger partial charge on any atom is 0.0223 e. The lowest BCUT2D eigenvalue weighted by molar-refractivity contribution is 0.0321. The predicted octanol–water partition coefficient (Wildman–Crippen LogP) is 1.92. The van der Waals surface area contributed by atoms with E-state index in [0.29, 0.717) is 0 Å². The number of hydrogen-bond donors (Lipinski definition) is 1. The zero-order valence-electron chi connectivity index (χ0n) is 12.4. The molecule has 0 aromatic rings. The Balaban J connectivity index is 1.52. The van der Waals surface area contributed by atoms with Gasteiger partial charge in [-0.3, -0.25) is 4.90 Å². The van der Waals surface area contributed by atoms with Crippen LogP contribution in [0.1, 0.15) is 44.9 Å². The Bertz CT molecular complexity index is 281. The van der Waals surface area contributed by atoms with E-state index in [1.807, 2.05) is 0 Å². The zero-order valence-corrected chi connectivity index (χ0v) is 12.4. The molecular weight excluding hydrogens is 234 g/mol. The maximum absolute atomic E-state index is 5.98. The summed E-state index contributed by atoms with van der Waals surface area (Å²) in [4.78, 5) is 5.49. The number of nitrogens with zero attached hydrogens (tertiary/aromatic N) is 2. The van der Waals surface area contributed by atoms with E-state index in [9.17, 15) is 0 Å². The van der Waals surface area contributed by atoms with Gasteiger partial charge in [0.15, 0.2) is 0 Å². The van der Waals surface area contributed by atoms with Crippen molar-refractivity contribution in [1.82, 2.24) is 9.80 Å². The van der Waals surface area contributed by atoms with Crippen LogP contribution < -0.4 is 5.73 Å². The summed E-state index contributed by atoms with van der Waals surface area (Å²) in [6.07, 6.45) is 9.95. The van der Waals surface area contributed by atoms with Gasteiger partial charge in [-0.2, -0.15) is 0 Å². The summed E-state index contributed by atoms with van der Waals surface area (Å²) in [6, 6.07) is 0.863. The minimum absolute atomic E-state index is 0.804. The molecule has 0 bridgehead atoms. The van der Waals surface area contributed by atoms with Crippen molar-refractivity contribution in [2.24, 2.45) is 17.6 Å². The van der Waals surface area contributed by atoms with Crippen LogP contribution in [-0.4, -0.2) is 55.1 Å². The molecule has 2 N–H and O–H groups in total. The average molecular weight is 265 g/mol. The first kappa shape index (κ1) is 13.8. The first-order valence-electron chi connectivity index (χ1n) is 8.53. The van der Waals surface area contributed by atoms with Crippen molar-refractivity contribution in [2.75, 3.05) is 39.3 Å². The molecule has 3 rings (SSSR count). The van der Waals surface area contributed by atoms with E-state index in [1.54, 1.807) is 0 Å². The molecule has 0 radical (unpaired) electrons. The van der Waals surface area contributed by atoms with Gasteiger partial charge < -0.3 is 10.6 Å². The molecule has 2 heterocycles. The Kier molecular flexibility index (Phi) is 4.78. The molecule has 1 saturated carbocycles. The molecule has 3 atom stereocenters. The van der Waals surface area contributed by atoms with Gasteiger partial charge in [0.2, 0.25) is 0 Å². The van der Waals surface area contributed by atoms with Crippen LogP contribution in [0.15, 0.2) is 0 Å². The van der Waals surface area contributed by atoms with Crippen molar-refractivity contribution in [2.45, 2.75) is 51.0 Å². The molecular formula is C16H31N3. The molecule has 2 saturated heterocycles. The van der Waals surface area contributed by atoms with Gasteiger partial charge in [0.05, 0.1) is 0 Å². The molecule has 3 fully saturated rings. The molecule has 3 nitrogen and oxygen atoms in total. The van der Waals surface area contributed by atoms with Crippen LogP contribution in [0.25, 0.3) is 0 Å². The highest BCUT2D eigenvalue weighted by Gasteiger charge is 2.31. The van der Waals surface area contributed by atoms with E-state index in [1.165, 1.54) is 77.7 Å². The van der Waals surface area contributed by atoms with Crippen LogP contribution in [0, 0.1) is 11.8 Å². The molecule has 0 spiro atoms. The van der Waals surface area contributed by atoms with Gasteiger partial charge in [-0.1, -0.05) is 19.3 Å². The summed E-state index contributed by atoms with van der Waals surface area (Å²) >= 11 is 0. The molecule has 0 aromatic carbocycles. The van der Waals surface area contributed by atoms with Gasteiger partial charge in [0, 0.05) is 32.2 Å². The predicted molar refractivity (Wildman–Crippen MR) is 80.2 cm³/mol. The van der Waals surface area contributed by atoms with Crippen molar-refractivity contribution in [1.29, 1.82) is 0 Å². The Morgan fingerprint density at radius 2 is 1.63 bits per heavy atom. The fourth-order valence-electron chi connectivity index (χ4n) is 4.55. The van der Waals surface area contributed by atoms with E-state index in [4.69, 9.17) is 5.73 Å². The third kappa shape index (κ3) is 3.32. The number of hydrogen-bond acceptors (Lipinski definition) is 3. The summed E-state index contributed by atoms with van der Waals surface area (Å²) in [7, 11) is 0. The van der Waals surface area contributed by atoms with Gasteiger partial charge in [-0.15, -0.1) is 0 Å². The highest BCUT2D eigenvalue weighted by Crippen LogP contribution is 2.31. The molecule has 3 aliphatic rings. The van der Waals surface area contributed by atoms with Gasteiger partial charge in [0.1, 0.15) is 0 Å². The second kappa shape index (κ2) is 6.55. The number of fused-ring (bicyclic) bond motifs is 1. The molecule has 1 aliphatic carbocycles. The molecule has 2 aliphatic heterocycles. The molecule has 110 valence electrons. The fraction of sp³-hybridized carbons (Fsp3) is 1.00. The van der Waals surface area contributed by atoms with Crippen LogP contribution in [0.2, 0.25) is 0 Å². The van der Waals surface area contributed by atoms with Crippen LogP contribution in [0.3, 0.4) is 0 Å². The second-order valence-corrected chi connectivity index (χ2v) is 6.99. The summed E-state index contributed by atoms with van der Waals surface area (Å²) in [5.41, 5.74) is 5.98. The van der Waals surface area contributed by atoms with Crippen LogP contribution in [0.4, 0.5) is 0 Å². The minimum atomic E-state index is 0.804. The van der Waals surface area contributed by atoms with Crippen molar-refractivity contribution in [3.05, 3.63) is 0 Å². The Hall–Kier alpha value is -0.120. The highest BCUT2D eigenvalue weighted by molar-refractivity contribution is 4.87. The van der Waals surface area contributed by atoms with E-state index in [2.05, 4.69) is 9.80 Å². The van der Waals surface area contributed by atoms with E-state index >= 15 is 0 Å². The summed E-state index contributed by atoms with van der Waals surface area (Å²) in [6.45, 7) is 7.52. The average Bonchev–Trinajstić information content (AvgIpc) is 2.48. The molecule has 0 aromatic heterocycles. The van der Waals surface area contributed by atoms with Crippen LogP contribution >= 0.6 is 0 Å². The molecule has 19 heavy (non-hydrogen) atoms. The van der Waals surface area contributed by atoms with Crippen molar-refractivity contribution >= 4 is 0 Å². The van der Waals surface area contributed by atoms with E-state index in [0.717, 1.165) is 24.4 Å². The van der Waals surface area contributed by atoms with E-state index < -0.39 is 0 Å². The van der Waals surface area contributed by atoms with E-state index in [-0.39, 0.29) is 0 Å². The van der Waals surface area contributed by atoms with Gasteiger partial charge in [-0.05, 0) is 50.6 Å². The lowest BCUT2D eigenvalue weighted by atomic mass is 9.79. The Morgan fingerprint density at radius 3 is 2.47 bits per heavy atom. The normalized spacial score (nSPS) is 38.1. The topological polar surface area (TPSA) is 32.5 Å². The first-order chi connectivity index (χ1) is 9.36. The molecule has 3 unspecified atom stereocenters. The fourth-order valence-corrected chi connectivity index (χ4v) is 4.55. The Labute approximate surface area is 118 Å². The monoisotopic (exact) mass is 265 g/mol. The van der Waals surface area contributed by atoms with Gasteiger partial charge in [0.25, 0.3) is 0 Å². The minimum Gasteiger partial charge on any atom is -0.330 e. The second-order valence-electron chi connectivity index (χ2n) is 6.99. The van der Waals surface area contributed by atoms with Crippen LogP contribution in [0.5, 0.6) is 0 Å². The smallest absolute Gasteiger partial charge is 0.0223 e. The largest absolute Gasteiger partial charge is 0.330 e. The van der Waals surface area contributed by atoms with Crippen molar-refractivity contribution in [3.63, 3.8) is 0 Å². The number of piperazine rings is 1. The summed E-state index contributed by atoms with van der Waals surface area (Å²) in [5, 5.41) is 0. The van der Waals surface area contributed by atoms with Crippen molar-refractivity contribution < 1.29 is 0 Å². The quantitative estimate of drug-likeness (QED) is 0.846.